The number of likely N-dealkylation sites (N-methyl/N-ethyl adjacent to an activating group) is 1. The number of nitro benzene ring substituents is 1. The van der Waals surface area contributed by atoms with Gasteiger partial charge in [0.2, 0.25) is 0 Å². The van der Waals surface area contributed by atoms with Gasteiger partial charge in [-0.15, -0.1) is 13.2 Å². The molecule has 0 saturated heterocycles. The first-order valence-corrected chi connectivity index (χ1v) is 11.1. The average molecular weight is 567 g/mol. The first-order chi connectivity index (χ1) is 18.7. The molecule has 0 aliphatic carbocycles. The summed E-state index contributed by atoms with van der Waals surface area (Å²) >= 11 is 0. The molecule has 0 N–H and O–H groups in total. The van der Waals surface area contributed by atoms with Gasteiger partial charge in [0, 0.05) is 37.2 Å². The lowest BCUT2D eigenvalue weighted by molar-refractivity contribution is -0.384. The minimum Gasteiger partial charge on any atom is -0.462 e. The highest BCUT2D eigenvalue weighted by molar-refractivity contribution is 6.38. The molecule has 2 aromatic carbocycles. The number of Topliss-reactive ketones (excluding diaryl/α,β-unsaturated/α-hetero) is 1. The summed E-state index contributed by atoms with van der Waals surface area (Å²) in [6.07, 6.45) is -4.62. The van der Waals surface area contributed by atoms with Crippen LogP contribution >= 0.6 is 0 Å². The van der Waals surface area contributed by atoms with Gasteiger partial charge in [-0.05, 0) is 42.0 Å². The molecule has 0 fully saturated rings. The van der Waals surface area contributed by atoms with Crippen LogP contribution in [0.25, 0.3) is 0 Å². The van der Waals surface area contributed by atoms with Crippen molar-refractivity contribution in [1.29, 1.82) is 0 Å². The Hall–Kier alpha value is -4.95. The summed E-state index contributed by atoms with van der Waals surface area (Å²) < 4.78 is 74.8. The average Bonchev–Trinajstić information content (AvgIpc) is 2.90. The summed E-state index contributed by atoms with van der Waals surface area (Å²) in [5, 5.41) is 11.5. The summed E-state index contributed by atoms with van der Waals surface area (Å²) in [7, 11) is 1.96. The van der Waals surface area contributed by atoms with E-state index < -0.39 is 70.0 Å². The maximum atomic E-state index is 14.7. The summed E-state index contributed by atoms with van der Waals surface area (Å²) in [4.78, 5) is 52.3. The Kier molecular flexibility index (Phi) is 8.76. The Labute approximate surface area is 222 Å². The quantitative estimate of drug-likeness (QED) is 0.0956. The number of ether oxygens (including phenoxy) is 2. The molecule has 1 amide bonds. The predicted octanol–water partition coefficient (Wildman–Crippen LogP) is 4.71. The molecule has 10 nitrogen and oxygen atoms in total. The lowest BCUT2D eigenvalue weighted by Gasteiger charge is -2.19. The van der Waals surface area contributed by atoms with Crippen LogP contribution in [0.15, 0.2) is 54.7 Å². The van der Waals surface area contributed by atoms with Crippen LogP contribution in [0.1, 0.15) is 34.0 Å². The molecule has 40 heavy (non-hydrogen) atoms. The van der Waals surface area contributed by atoms with E-state index in [-0.39, 0.29) is 16.8 Å². The fourth-order valence-electron chi connectivity index (χ4n) is 3.72. The monoisotopic (exact) mass is 567 g/mol. The highest BCUT2D eigenvalue weighted by atomic mass is 19.4. The van der Waals surface area contributed by atoms with Crippen molar-refractivity contribution >= 4 is 29.0 Å². The van der Waals surface area contributed by atoms with Crippen molar-refractivity contribution in [1.82, 2.24) is 4.98 Å². The Morgan fingerprint density at radius 2 is 1.77 bits per heavy atom. The van der Waals surface area contributed by atoms with Gasteiger partial charge >= 0.3 is 18.2 Å². The van der Waals surface area contributed by atoms with Crippen molar-refractivity contribution < 1.29 is 50.7 Å². The molecule has 0 radical (unpaired) electrons. The number of nitro groups is 1. The maximum absolute atomic E-state index is 14.7. The number of amides is 1. The number of hydrogen-bond donors (Lipinski definition) is 0. The first-order valence-electron chi connectivity index (χ1n) is 11.1. The third-order valence-electron chi connectivity index (χ3n) is 5.61. The van der Waals surface area contributed by atoms with Crippen LogP contribution in [0.3, 0.4) is 0 Å². The van der Waals surface area contributed by atoms with Gasteiger partial charge in [-0.25, -0.2) is 13.6 Å². The van der Waals surface area contributed by atoms with Gasteiger partial charge in [0.05, 0.1) is 17.7 Å². The van der Waals surface area contributed by atoms with Gasteiger partial charge in [-0.1, -0.05) is 6.07 Å². The molecule has 3 aromatic rings. The topological polar surface area (TPSA) is 129 Å². The van der Waals surface area contributed by atoms with Crippen molar-refractivity contribution in [2.45, 2.75) is 18.7 Å². The summed E-state index contributed by atoms with van der Waals surface area (Å²) in [6, 6.07) is 7.46. The second kappa shape index (κ2) is 11.8. The molecule has 0 aliphatic rings. The van der Waals surface area contributed by atoms with Crippen LogP contribution in [0, 0.1) is 21.7 Å². The van der Waals surface area contributed by atoms with Crippen molar-refractivity contribution in [3.63, 3.8) is 0 Å². The number of carbonyl (C=O) groups excluding carboxylic acids is 3. The lowest BCUT2D eigenvalue weighted by Crippen LogP contribution is -2.34. The summed E-state index contributed by atoms with van der Waals surface area (Å²) in [5.41, 5.74) is -1.75. The van der Waals surface area contributed by atoms with E-state index in [1.54, 1.807) is 0 Å². The highest BCUT2D eigenvalue weighted by Crippen LogP contribution is 2.35. The second-order valence-electron chi connectivity index (χ2n) is 8.10. The van der Waals surface area contributed by atoms with E-state index in [0.29, 0.717) is 17.0 Å². The second-order valence-corrected chi connectivity index (χ2v) is 8.10. The summed E-state index contributed by atoms with van der Waals surface area (Å²) in [5.74, 6) is -8.22. The number of anilines is 1. The number of hydrogen-bond acceptors (Lipinski definition) is 8. The minimum absolute atomic E-state index is 0.127. The van der Waals surface area contributed by atoms with Crippen molar-refractivity contribution in [2.24, 2.45) is 0 Å². The first kappa shape index (κ1) is 29.6. The number of ketones is 1. The number of halogens is 5. The van der Waals surface area contributed by atoms with Gasteiger partial charge in [-0.2, -0.15) is 0 Å². The van der Waals surface area contributed by atoms with E-state index in [4.69, 9.17) is 0 Å². The largest absolute Gasteiger partial charge is 0.573 e. The van der Waals surface area contributed by atoms with Gasteiger partial charge < -0.3 is 9.47 Å². The zero-order valence-corrected chi connectivity index (χ0v) is 20.6. The fraction of sp³-hybridized carbons (Fsp3) is 0.200. The number of benzene rings is 2. The van der Waals surface area contributed by atoms with E-state index in [2.05, 4.69) is 14.5 Å². The van der Waals surface area contributed by atoms with E-state index >= 15 is 0 Å². The Balaban J connectivity index is 2.04. The maximum Gasteiger partial charge on any atom is 0.573 e. The fourth-order valence-corrected chi connectivity index (χ4v) is 3.72. The number of pyridine rings is 1. The van der Waals surface area contributed by atoms with Crippen molar-refractivity contribution in [3.8, 4) is 5.75 Å². The molecule has 0 bridgehead atoms. The van der Waals surface area contributed by atoms with E-state index in [0.717, 1.165) is 44.5 Å². The lowest BCUT2D eigenvalue weighted by atomic mass is 9.88. The zero-order chi connectivity index (χ0) is 29.8. The normalized spacial score (nSPS) is 11.9. The molecule has 1 aromatic heterocycles. The third-order valence-corrected chi connectivity index (χ3v) is 5.61. The van der Waals surface area contributed by atoms with Crippen molar-refractivity contribution in [3.05, 3.63) is 93.3 Å². The molecular weight excluding hydrogens is 549 g/mol. The van der Waals surface area contributed by atoms with Gasteiger partial charge in [0.25, 0.3) is 5.69 Å². The number of rotatable bonds is 8. The molecule has 3 rings (SSSR count). The number of methoxy groups -OCH3 is 1. The third kappa shape index (κ3) is 6.73. The van der Waals surface area contributed by atoms with Crippen molar-refractivity contribution in [2.75, 3.05) is 19.1 Å². The number of alkyl halides is 3. The molecule has 0 spiro atoms. The van der Waals surface area contributed by atoms with Crippen LogP contribution in [-0.4, -0.2) is 48.1 Å². The zero-order valence-electron chi connectivity index (χ0n) is 20.6. The van der Waals surface area contributed by atoms with Crippen LogP contribution in [-0.2, 0) is 14.3 Å². The van der Waals surface area contributed by atoms with Crippen LogP contribution in [0.2, 0.25) is 0 Å². The highest BCUT2D eigenvalue weighted by Gasteiger charge is 2.33. The van der Waals surface area contributed by atoms with Gasteiger partial charge in [0.15, 0.2) is 17.3 Å². The number of carbonyl (C=O) groups is 3. The van der Waals surface area contributed by atoms with E-state index in [1.807, 2.05) is 0 Å². The Morgan fingerprint density at radius 1 is 1.07 bits per heavy atom. The van der Waals surface area contributed by atoms with Crippen LogP contribution in [0.4, 0.5) is 33.3 Å². The molecule has 1 atom stereocenters. The SMILES string of the molecule is COC(=O)C(=O)N(C)c1cc(C(=O)C[C@@H](c2ccc(OC(F)(F)F)c(F)c2)c2ncccc2F)ccc1[N+](=O)[O-]. The Bertz CT molecular complexity index is 1480. The molecule has 1 heterocycles. The molecule has 0 saturated carbocycles. The molecule has 0 aliphatic heterocycles. The summed E-state index contributed by atoms with van der Waals surface area (Å²) in [6.45, 7) is 0. The standard InChI is InChI=1S/C25H18F5N3O7/c1-32(23(35)24(36)39-2)19-11-14(5-7-18(19)33(37)38)20(34)12-15(22-16(26)4-3-9-31-22)13-6-8-21(17(27)10-13)40-25(28,29)30/h3-11,15H,12H2,1-2H3/t15-/m0/s1. The molecule has 0 unspecified atom stereocenters. The number of nitrogens with zero attached hydrogens (tertiary/aromatic N) is 3. The smallest absolute Gasteiger partial charge is 0.462 e. The molecule has 210 valence electrons. The van der Waals surface area contributed by atoms with Gasteiger partial charge in [-0.3, -0.25) is 29.6 Å². The molecular formula is C25H18F5N3O7. The Morgan fingerprint density at radius 3 is 2.35 bits per heavy atom. The molecule has 15 heteroatoms. The van der Waals surface area contributed by atoms with Gasteiger partial charge in [0.1, 0.15) is 11.5 Å². The predicted molar refractivity (Wildman–Crippen MR) is 127 cm³/mol. The van der Waals surface area contributed by atoms with E-state index in [1.165, 1.54) is 12.3 Å². The number of esters is 1. The minimum atomic E-state index is -5.18. The number of aromatic nitrogens is 1. The van der Waals surface area contributed by atoms with E-state index in [9.17, 15) is 46.5 Å². The van der Waals surface area contributed by atoms with Crippen LogP contribution < -0.4 is 9.64 Å². The van der Waals surface area contributed by atoms with Crippen LogP contribution in [0.5, 0.6) is 5.75 Å².